The van der Waals surface area contributed by atoms with E-state index in [1.54, 1.807) is 13.8 Å². The summed E-state index contributed by atoms with van der Waals surface area (Å²) in [6.45, 7) is 7.09. The largest absolute Gasteiger partial charge is 0.324 e. The van der Waals surface area contributed by atoms with E-state index in [1.165, 1.54) is 0 Å². The van der Waals surface area contributed by atoms with Gasteiger partial charge in [-0.3, -0.25) is 19.3 Å². The van der Waals surface area contributed by atoms with Crippen molar-refractivity contribution in [2.45, 2.75) is 27.7 Å². The summed E-state index contributed by atoms with van der Waals surface area (Å²) in [5, 5.41) is 2.35. The van der Waals surface area contributed by atoms with Crippen LogP contribution in [0.15, 0.2) is 28.7 Å². The standard InChI is InChI=1S/C16H18N2O3S/c1-9(2)14-15(20)18(16(21)22-14)8-13(19)17-12-7-10(3)5-6-11(12)4/h5-7H,8H2,1-4H3,(H,17,19). The number of amides is 3. The molecule has 0 bridgehead atoms. The minimum atomic E-state index is -0.405. The maximum Gasteiger partial charge on any atom is 0.294 e. The molecule has 1 aliphatic rings. The van der Waals surface area contributed by atoms with E-state index in [2.05, 4.69) is 5.32 Å². The molecule has 2 rings (SSSR count). The molecule has 0 unspecified atom stereocenters. The van der Waals surface area contributed by atoms with Gasteiger partial charge in [0.05, 0.1) is 4.91 Å². The fourth-order valence-corrected chi connectivity index (χ4v) is 2.88. The highest BCUT2D eigenvalue weighted by atomic mass is 32.2. The van der Waals surface area contributed by atoms with E-state index in [1.807, 2.05) is 32.0 Å². The third kappa shape index (κ3) is 3.39. The Morgan fingerprint density at radius 2 is 1.91 bits per heavy atom. The Hall–Kier alpha value is -2.08. The summed E-state index contributed by atoms with van der Waals surface area (Å²) in [6.07, 6.45) is 0. The second-order valence-electron chi connectivity index (χ2n) is 5.45. The van der Waals surface area contributed by atoms with Gasteiger partial charge in [0.2, 0.25) is 5.91 Å². The summed E-state index contributed by atoms with van der Waals surface area (Å²) in [5.74, 6) is -0.780. The molecule has 1 aliphatic heterocycles. The monoisotopic (exact) mass is 318 g/mol. The first-order valence-electron chi connectivity index (χ1n) is 6.88. The molecule has 3 amide bonds. The van der Waals surface area contributed by atoms with Crippen molar-refractivity contribution < 1.29 is 14.4 Å². The minimum Gasteiger partial charge on any atom is -0.324 e. The number of imide groups is 1. The van der Waals surface area contributed by atoms with Crippen molar-refractivity contribution >= 4 is 34.5 Å². The van der Waals surface area contributed by atoms with Gasteiger partial charge in [-0.1, -0.05) is 17.7 Å². The van der Waals surface area contributed by atoms with Gasteiger partial charge in [0.25, 0.3) is 11.1 Å². The summed E-state index contributed by atoms with van der Waals surface area (Å²) >= 11 is 0.881. The highest BCUT2D eigenvalue weighted by Gasteiger charge is 2.36. The van der Waals surface area contributed by atoms with Crippen molar-refractivity contribution in [1.82, 2.24) is 4.90 Å². The SMILES string of the molecule is CC(C)=C1SC(=O)N(CC(=O)Nc2cc(C)ccc2C)C1=O. The number of aryl methyl sites for hydroxylation is 2. The first-order chi connectivity index (χ1) is 10.3. The quantitative estimate of drug-likeness (QED) is 0.869. The fraction of sp³-hybridized carbons (Fsp3) is 0.312. The molecule has 116 valence electrons. The number of carbonyl (C=O) groups is 3. The zero-order valence-electron chi connectivity index (χ0n) is 13.0. The lowest BCUT2D eigenvalue weighted by molar-refractivity contribution is -0.127. The third-order valence-corrected chi connectivity index (χ3v) is 4.45. The van der Waals surface area contributed by atoms with Gasteiger partial charge in [-0.15, -0.1) is 0 Å². The van der Waals surface area contributed by atoms with Crippen LogP contribution in [0.5, 0.6) is 0 Å². The molecular formula is C16H18N2O3S. The molecule has 1 fully saturated rings. The molecule has 0 aromatic heterocycles. The van der Waals surface area contributed by atoms with Crippen molar-refractivity contribution in [3.05, 3.63) is 39.8 Å². The molecule has 22 heavy (non-hydrogen) atoms. The molecule has 1 N–H and O–H groups in total. The van der Waals surface area contributed by atoms with Gasteiger partial charge in [0.1, 0.15) is 6.54 Å². The summed E-state index contributed by atoms with van der Waals surface area (Å²) in [7, 11) is 0. The predicted molar refractivity (Wildman–Crippen MR) is 87.6 cm³/mol. The smallest absolute Gasteiger partial charge is 0.294 e. The van der Waals surface area contributed by atoms with Crippen LogP contribution in [0.3, 0.4) is 0 Å². The number of thioether (sulfide) groups is 1. The van der Waals surface area contributed by atoms with Crippen LogP contribution in [0.2, 0.25) is 0 Å². The van der Waals surface area contributed by atoms with Gasteiger partial charge in [-0.25, -0.2) is 0 Å². The molecule has 1 saturated heterocycles. The van der Waals surface area contributed by atoms with Gasteiger partial charge in [-0.05, 0) is 56.7 Å². The fourth-order valence-electron chi connectivity index (χ4n) is 2.05. The highest BCUT2D eigenvalue weighted by Crippen LogP contribution is 2.32. The van der Waals surface area contributed by atoms with Gasteiger partial charge in [-0.2, -0.15) is 0 Å². The molecule has 0 saturated carbocycles. The van der Waals surface area contributed by atoms with Crippen molar-refractivity contribution in [3.63, 3.8) is 0 Å². The Morgan fingerprint density at radius 3 is 2.50 bits per heavy atom. The van der Waals surface area contributed by atoms with Crippen molar-refractivity contribution in [1.29, 1.82) is 0 Å². The van der Waals surface area contributed by atoms with Crippen LogP contribution in [0, 0.1) is 13.8 Å². The molecule has 0 radical (unpaired) electrons. The van der Waals surface area contributed by atoms with Gasteiger partial charge < -0.3 is 5.32 Å². The third-order valence-electron chi connectivity index (χ3n) is 3.27. The summed E-state index contributed by atoms with van der Waals surface area (Å²) in [6, 6.07) is 5.72. The number of anilines is 1. The van der Waals surface area contributed by atoms with Crippen LogP contribution in [0.1, 0.15) is 25.0 Å². The second-order valence-corrected chi connectivity index (χ2v) is 6.42. The molecule has 1 aromatic carbocycles. The average Bonchev–Trinajstić information content (AvgIpc) is 2.71. The lowest BCUT2D eigenvalue weighted by Crippen LogP contribution is -2.36. The maximum absolute atomic E-state index is 12.1. The van der Waals surface area contributed by atoms with Crippen molar-refractivity contribution in [2.75, 3.05) is 11.9 Å². The Kier molecular flexibility index (Phi) is 4.71. The Morgan fingerprint density at radius 1 is 1.23 bits per heavy atom. The highest BCUT2D eigenvalue weighted by molar-refractivity contribution is 8.18. The molecule has 0 spiro atoms. The molecule has 0 atom stereocenters. The maximum atomic E-state index is 12.1. The molecule has 5 nitrogen and oxygen atoms in total. The van der Waals surface area contributed by atoms with Crippen LogP contribution in [-0.2, 0) is 9.59 Å². The Balaban J connectivity index is 2.10. The van der Waals surface area contributed by atoms with Gasteiger partial charge in [0.15, 0.2) is 0 Å². The summed E-state index contributed by atoms with van der Waals surface area (Å²) < 4.78 is 0. The number of carbonyl (C=O) groups excluding carboxylic acids is 3. The van der Waals surface area contributed by atoms with Crippen LogP contribution < -0.4 is 5.32 Å². The molecule has 1 aromatic rings. The van der Waals surface area contributed by atoms with Crippen LogP contribution in [-0.4, -0.2) is 28.5 Å². The van der Waals surface area contributed by atoms with Crippen molar-refractivity contribution in [3.8, 4) is 0 Å². The number of nitrogens with one attached hydrogen (secondary N) is 1. The summed E-state index contributed by atoms with van der Waals surface area (Å²) in [4.78, 5) is 37.5. The van der Waals surface area contributed by atoms with E-state index in [0.29, 0.717) is 10.6 Å². The number of benzene rings is 1. The molecule has 1 heterocycles. The van der Waals surface area contributed by atoms with E-state index in [0.717, 1.165) is 33.4 Å². The minimum absolute atomic E-state index is 0.269. The zero-order chi connectivity index (χ0) is 16.4. The van der Waals surface area contributed by atoms with E-state index < -0.39 is 11.1 Å². The van der Waals surface area contributed by atoms with Crippen LogP contribution in [0.25, 0.3) is 0 Å². The average molecular weight is 318 g/mol. The number of nitrogens with zero attached hydrogens (tertiary/aromatic N) is 1. The summed E-state index contributed by atoms with van der Waals surface area (Å²) in [5.41, 5.74) is 3.42. The van der Waals surface area contributed by atoms with E-state index in [4.69, 9.17) is 0 Å². The first-order valence-corrected chi connectivity index (χ1v) is 7.69. The zero-order valence-corrected chi connectivity index (χ0v) is 13.8. The topological polar surface area (TPSA) is 66.5 Å². The predicted octanol–water partition coefficient (Wildman–Crippen LogP) is 3.23. The van der Waals surface area contributed by atoms with Gasteiger partial charge >= 0.3 is 0 Å². The number of allylic oxidation sites excluding steroid dienone is 1. The van der Waals surface area contributed by atoms with Crippen molar-refractivity contribution in [2.24, 2.45) is 0 Å². The van der Waals surface area contributed by atoms with Gasteiger partial charge in [0, 0.05) is 5.69 Å². The van der Waals surface area contributed by atoms with E-state index in [9.17, 15) is 14.4 Å². The number of rotatable bonds is 3. The second kappa shape index (κ2) is 6.36. The van der Waals surface area contributed by atoms with Crippen LogP contribution >= 0.6 is 11.8 Å². The normalized spacial score (nSPS) is 14.5. The number of hydrogen-bond donors (Lipinski definition) is 1. The van der Waals surface area contributed by atoms with Crippen LogP contribution in [0.4, 0.5) is 10.5 Å². The van der Waals surface area contributed by atoms with E-state index in [-0.39, 0.29) is 12.5 Å². The lowest BCUT2D eigenvalue weighted by Gasteiger charge is -2.14. The lowest BCUT2D eigenvalue weighted by atomic mass is 10.1. The first kappa shape index (κ1) is 16.3. The Bertz CT molecular complexity index is 691. The Labute approximate surface area is 133 Å². The van der Waals surface area contributed by atoms with E-state index >= 15 is 0 Å². The molecular weight excluding hydrogens is 300 g/mol. The molecule has 6 heteroatoms. The number of hydrogen-bond acceptors (Lipinski definition) is 4. The molecule has 0 aliphatic carbocycles.